The first kappa shape index (κ1) is 12.0. The highest BCUT2D eigenvalue weighted by molar-refractivity contribution is 6.04. The third-order valence-electron chi connectivity index (χ3n) is 2.18. The number of hydrogen-bond donors (Lipinski definition) is 3. The van der Waals surface area contributed by atoms with Gasteiger partial charge in [0.25, 0.3) is 0 Å². The summed E-state index contributed by atoms with van der Waals surface area (Å²) in [5.41, 5.74) is -0.783. The molecule has 1 heterocycles. The van der Waals surface area contributed by atoms with Crippen LogP contribution in [-0.2, 0) is 6.42 Å². The number of carboxylic acids is 2. The molecule has 1 rings (SSSR count). The van der Waals surface area contributed by atoms with Crippen LogP contribution in [0.15, 0.2) is 0 Å². The molecule has 0 unspecified atom stereocenters. The molecule has 0 bridgehead atoms. The number of carbonyl (C=O) groups is 2. The molecule has 6 nitrogen and oxygen atoms in total. The number of pyridine rings is 1. The number of carboxylic acid groups (broad SMARTS) is 2. The van der Waals surface area contributed by atoms with Gasteiger partial charge in [-0.15, -0.1) is 0 Å². The molecule has 0 aliphatic heterocycles. The van der Waals surface area contributed by atoms with Crippen LogP contribution in [0, 0.1) is 6.92 Å². The van der Waals surface area contributed by atoms with Crippen molar-refractivity contribution in [2.24, 2.45) is 0 Å². The third-order valence-corrected chi connectivity index (χ3v) is 2.18. The zero-order valence-electron chi connectivity index (χ0n) is 8.81. The first-order valence-electron chi connectivity index (χ1n) is 4.59. The van der Waals surface area contributed by atoms with Crippen LogP contribution >= 0.6 is 0 Å². The van der Waals surface area contributed by atoms with Crippen molar-refractivity contribution in [2.75, 3.05) is 0 Å². The minimum atomic E-state index is -1.48. The van der Waals surface area contributed by atoms with E-state index >= 15 is 0 Å². The van der Waals surface area contributed by atoms with Crippen LogP contribution in [0.25, 0.3) is 0 Å². The second-order valence-corrected chi connectivity index (χ2v) is 3.21. The van der Waals surface area contributed by atoms with Crippen molar-refractivity contribution in [1.82, 2.24) is 4.98 Å². The fourth-order valence-corrected chi connectivity index (χ4v) is 1.45. The first-order chi connectivity index (χ1) is 7.40. The van der Waals surface area contributed by atoms with Crippen molar-refractivity contribution >= 4 is 11.9 Å². The van der Waals surface area contributed by atoms with Crippen LogP contribution < -0.4 is 0 Å². The molecule has 3 N–H and O–H groups in total. The standard InChI is InChI=1S/C10H11NO5/c1-3-5-6(9(13)14)7(10(15)16)8(12)4(2)11-5/h12H,3H2,1-2H3,(H,13,14)(H,15,16). The third kappa shape index (κ3) is 1.81. The molecule has 16 heavy (non-hydrogen) atoms. The average Bonchev–Trinajstić information content (AvgIpc) is 2.19. The fraction of sp³-hybridized carbons (Fsp3) is 0.300. The number of rotatable bonds is 3. The zero-order valence-corrected chi connectivity index (χ0v) is 8.81. The molecule has 0 aliphatic carbocycles. The van der Waals surface area contributed by atoms with E-state index in [0.717, 1.165) is 0 Å². The molecule has 0 fully saturated rings. The molecule has 0 spiro atoms. The van der Waals surface area contributed by atoms with Gasteiger partial charge in [0.15, 0.2) is 5.75 Å². The molecule has 0 aliphatic rings. The number of aromatic carboxylic acids is 2. The van der Waals surface area contributed by atoms with Crippen LogP contribution in [0.2, 0.25) is 0 Å². The Morgan fingerprint density at radius 1 is 1.19 bits per heavy atom. The lowest BCUT2D eigenvalue weighted by Crippen LogP contribution is -2.14. The molecule has 0 saturated carbocycles. The summed E-state index contributed by atoms with van der Waals surface area (Å²) in [6.07, 6.45) is 0.281. The summed E-state index contributed by atoms with van der Waals surface area (Å²) in [6, 6.07) is 0. The van der Waals surface area contributed by atoms with Crippen molar-refractivity contribution in [3.8, 4) is 5.75 Å². The molecule has 6 heteroatoms. The lowest BCUT2D eigenvalue weighted by molar-refractivity contribution is 0.0646. The van der Waals surface area contributed by atoms with Crippen molar-refractivity contribution < 1.29 is 24.9 Å². The molecule has 86 valence electrons. The minimum absolute atomic E-state index is 0.110. The first-order valence-corrected chi connectivity index (χ1v) is 4.59. The van der Waals surface area contributed by atoms with E-state index in [1.54, 1.807) is 6.92 Å². The Balaban J connectivity index is 3.71. The molecule has 0 atom stereocenters. The van der Waals surface area contributed by atoms with Gasteiger partial charge < -0.3 is 15.3 Å². The van der Waals surface area contributed by atoms with Gasteiger partial charge in [-0.2, -0.15) is 0 Å². The maximum Gasteiger partial charge on any atom is 0.340 e. The Hall–Kier alpha value is -2.11. The predicted molar refractivity (Wildman–Crippen MR) is 53.9 cm³/mol. The molecule has 0 amide bonds. The van der Waals surface area contributed by atoms with Crippen molar-refractivity contribution in [1.29, 1.82) is 0 Å². The number of aromatic hydroxyl groups is 1. The van der Waals surface area contributed by atoms with Gasteiger partial charge in [-0.05, 0) is 13.3 Å². The number of aryl methyl sites for hydroxylation is 2. The summed E-state index contributed by atoms with van der Waals surface area (Å²) in [6.45, 7) is 3.09. The normalized spacial score (nSPS) is 10.1. The predicted octanol–water partition coefficient (Wildman–Crippen LogP) is 1.05. The molecule has 1 aromatic rings. The van der Waals surface area contributed by atoms with Crippen LogP contribution in [0.4, 0.5) is 0 Å². The Labute approximate surface area is 91.2 Å². The summed E-state index contributed by atoms with van der Waals surface area (Å²) in [5, 5.41) is 27.3. The van der Waals surface area contributed by atoms with E-state index in [0.29, 0.717) is 0 Å². The van der Waals surface area contributed by atoms with Crippen LogP contribution in [0.5, 0.6) is 5.75 Å². The quantitative estimate of drug-likeness (QED) is 0.709. The van der Waals surface area contributed by atoms with E-state index in [1.807, 2.05) is 0 Å². The molecular formula is C10H11NO5. The van der Waals surface area contributed by atoms with Gasteiger partial charge in [0.1, 0.15) is 5.56 Å². The van der Waals surface area contributed by atoms with E-state index in [4.69, 9.17) is 10.2 Å². The zero-order chi connectivity index (χ0) is 12.5. The van der Waals surface area contributed by atoms with Gasteiger partial charge in [-0.25, -0.2) is 9.59 Å². The van der Waals surface area contributed by atoms with Gasteiger partial charge in [0.2, 0.25) is 0 Å². The minimum Gasteiger partial charge on any atom is -0.505 e. The van der Waals surface area contributed by atoms with Crippen molar-refractivity contribution in [3.05, 3.63) is 22.5 Å². The summed E-state index contributed by atoms with van der Waals surface area (Å²) in [5.74, 6) is -3.48. The molecule has 0 aromatic carbocycles. The highest BCUT2D eigenvalue weighted by Crippen LogP contribution is 2.26. The summed E-state index contributed by atoms with van der Waals surface area (Å²) in [4.78, 5) is 25.7. The van der Waals surface area contributed by atoms with Gasteiger partial charge in [-0.1, -0.05) is 6.92 Å². The molecule has 0 saturated heterocycles. The Morgan fingerprint density at radius 2 is 1.69 bits per heavy atom. The maximum atomic E-state index is 11.0. The molecule has 1 aromatic heterocycles. The fourth-order valence-electron chi connectivity index (χ4n) is 1.45. The summed E-state index contributed by atoms with van der Waals surface area (Å²) >= 11 is 0. The molecular weight excluding hydrogens is 214 g/mol. The van der Waals surface area contributed by atoms with E-state index in [1.165, 1.54) is 6.92 Å². The highest BCUT2D eigenvalue weighted by Gasteiger charge is 2.26. The van der Waals surface area contributed by atoms with E-state index in [-0.39, 0.29) is 17.8 Å². The number of hydrogen-bond acceptors (Lipinski definition) is 4. The van der Waals surface area contributed by atoms with Gasteiger partial charge in [0, 0.05) is 0 Å². The summed E-state index contributed by atoms with van der Waals surface area (Å²) < 4.78 is 0. The van der Waals surface area contributed by atoms with Crippen LogP contribution in [0.1, 0.15) is 39.0 Å². The smallest absolute Gasteiger partial charge is 0.340 e. The number of aromatic nitrogens is 1. The van der Waals surface area contributed by atoms with Crippen LogP contribution in [0.3, 0.4) is 0 Å². The second kappa shape index (κ2) is 4.18. The highest BCUT2D eigenvalue weighted by atomic mass is 16.4. The Kier molecular flexibility index (Phi) is 3.12. The van der Waals surface area contributed by atoms with E-state index in [9.17, 15) is 14.7 Å². The lowest BCUT2D eigenvalue weighted by atomic mass is 10.0. The Morgan fingerprint density at radius 3 is 2.06 bits per heavy atom. The largest absolute Gasteiger partial charge is 0.505 e. The maximum absolute atomic E-state index is 11.0. The number of nitrogens with zero attached hydrogens (tertiary/aromatic N) is 1. The second-order valence-electron chi connectivity index (χ2n) is 3.21. The summed E-state index contributed by atoms with van der Waals surface area (Å²) in [7, 11) is 0. The van der Waals surface area contributed by atoms with Gasteiger partial charge in [0.05, 0.1) is 17.0 Å². The molecule has 0 radical (unpaired) electrons. The topological polar surface area (TPSA) is 108 Å². The average molecular weight is 225 g/mol. The van der Waals surface area contributed by atoms with Crippen molar-refractivity contribution in [3.63, 3.8) is 0 Å². The lowest BCUT2D eigenvalue weighted by Gasteiger charge is -2.10. The van der Waals surface area contributed by atoms with Crippen molar-refractivity contribution in [2.45, 2.75) is 20.3 Å². The van der Waals surface area contributed by atoms with Gasteiger partial charge >= 0.3 is 11.9 Å². The van der Waals surface area contributed by atoms with Gasteiger partial charge in [-0.3, -0.25) is 4.98 Å². The monoisotopic (exact) mass is 225 g/mol. The van der Waals surface area contributed by atoms with E-state index < -0.39 is 28.8 Å². The van der Waals surface area contributed by atoms with E-state index in [2.05, 4.69) is 4.98 Å². The Bertz CT molecular complexity index is 467. The SMILES string of the molecule is CCc1nc(C)c(O)c(C(=O)O)c1C(=O)O. The van der Waals surface area contributed by atoms with Crippen LogP contribution in [-0.4, -0.2) is 32.2 Å².